The van der Waals surface area contributed by atoms with Crippen LogP contribution in [0.3, 0.4) is 0 Å². The van der Waals surface area contributed by atoms with Crippen molar-refractivity contribution >= 4 is 22.9 Å². The highest BCUT2D eigenvalue weighted by molar-refractivity contribution is 6.03. The largest absolute Gasteiger partial charge is 0.381 e. The Morgan fingerprint density at radius 3 is 2.43 bits per heavy atom. The summed E-state index contributed by atoms with van der Waals surface area (Å²) in [5.41, 5.74) is 8.04. The lowest BCUT2D eigenvalue weighted by atomic mass is 9.90. The van der Waals surface area contributed by atoms with E-state index in [0.717, 1.165) is 80.5 Å². The van der Waals surface area contributed by atoms with Crippen LogP contribution in [0.15, 0.2) is 59.7 Å². The average Bonchev–Trinajstić information content (AvgIpc) is 3.55. The van der Waals surface area contributed by atoms with Crippen molar-refractivity contribution in [3.63, 3.8) is 0 Å². The van der Waals surface area contributed by atoms with Gasteiger partial charge >= 0.3 is 0 Å². The number of pyridine rings is 1. The number of halogens is 1. The van der Waals surface area contributed by atoms with Gasteiger partial charge in [-0.25, -0.2) is 9.37 Å². The second kappa shape index (κ2) is 9.39. The number of aromatic nitrogens is 2. The molecule has 0 atom stereocenters. The molecule has 0 aliphatic carbocycles. The summed E-state index contributed by atoms with van der Waals surface area (Å²) in [7, 11) is 0. The van der Waals surface area contributed by atoms with Gasteiger partial charge in [0.15, 0.2) is 0 Å². The van der Waals surface area contributed by atoms with Gasteiger partial charge in [0.1, 0.15) is 11.6 Å². The summed E-state index contributed by atoms with van der Waals surface area (Å²) >= 11 is 0. The SMILES string of the molecule is Fc1ccc(-n2c(C3CCOCC3)c(-c3ccc(N4CCOCC4)nc3)c3cc4c(cc32)C=NC4)cc1. The number of ether oxygens (including phenoxy) is 2. The number of benzene rings is 2. The fourth-order valence-electron chi connectivity index (χ4n) is 5.96. The topological polar surface area (TPSA) is 51.9 Å². The van der Waals surface area contributed by atoms with Crippen LogP contribution in [0.25, 0.3) is 27.7 Å². The molecule has 0 spiro atoms. The minimum absolute atomic E-state index is 0.232. The number of nitrogens with zero attached hydrogens (tertiary/aromatic N) is 4. The zero-order valence-corrected chi connectivity index (χ0v) is 20.7. The van der Waals surface area contributed by atoms with E-state index in [4.69, 9.17) is 14.5 Å². The van der Waals surface area contributed by atoms with Crippen LogP contribution >= 0.6 is 0 Å². The fraction of sp³-hybridized carbons (Fsp3) is 0.333. The van der Waals surface area contributed by atoms with Crippen molar-refractivity contribution in [1.82, 2.24) is 9.55 Å². The lowest BCUT2D eigenvalue weighted by molar-refractivity contribution is 0.0843. The van der Waals surface area contributed by atoms with Crippen LogP contribution in [0, 0.1) is 5.82 Å². The van der Waals surface area contributed by atoms with Crippen molar-refractivity contribution < 1.29 is 13.9 Å². The summed E-state index contributed by atoms with van der Waals surface area (Å²) in [6.07, 6.45) is 5.88. The zero-order chi connectivity index (χ0) is 24.8. The summed E-state index contributed by atoms with van der Waals surface area (Å²) in [4.78, 5) is 11.7. The maximum absolute atomic E-state index is 13.9. The molecule has 37 heavy (non-hydrogen) atoms. The van der Waals surface area contributed by atoms with Crippen LogP contribution in [0.4, 0.5) is 10.2 Å². The van der Waals surface area contributed by atoms with E-state index in [0.29, 0.717) is 12.5 Å². The van der Waals surface area contributed by atoms with Crippen LogP contribution in [0.1, 0.15) is 35.6 Å². The van der Waals surface area contributed by atoms with Crippen LogP contribution in [-0.4, -0.2) is 55.3 Å². The van der Waals surface area contributed by atoms with Crippen LogP contribution < -0.4 is 4.90 Å². The molecule has 3 aliphatic rings. The molecule has 0 saturated carbocycles. The number of hydrogen-bond acceptors (Lipinski definition) is 5. The molecule has 6 nitrogen and oxygen atoms in total. The van der Waals surface area contributed by atoms with Crippen molar-refractivity contribution in [2.24, 2.45) is 4.99 Å². The average molecular weight is 497 g/mol. The quantitative estimate of drug-likeness (QED) is 0.375. The maximum atomic E-state index is 13.9. The Hall–Kier alpha value is -3.55. The van der Waals surface area contributed by atoms with E-state index < -0.39 is 0 Å². The first-order chi connectivity index (χ1) is 18.3. The van der Waals surface area contributed by atoms with Crippen LogP contribution in [0.2, 0.25) is 0 Å². The Morgan fingerprint density at radius 1 is 0.892 bits per heavy atom. The maximum Gasteiger partial charge on any atom is 0.128 e. The van der Waals surface area contributed by atoms with Gasteiger partial charge in [-0.1, -0.05) is 0 Å². The molecule has 0 unspecified atom stereocenters. The highest BCUT2D eigenvalue weighted by atomic mass is 19.1. The van der Waals surface area contributed by atoms with E-state index in [1.54, 1.807) is 12.1 Å². The van der Waals surface area contributed by atoms with Gasteiger partial charge in [0.2, 0.25) is 0 Å². The second-order valence-electron chi connectivity index (χ2n) is 10.0. The van der Waals surface area contributed by atoms with E-state index in [9.17, 15) is 4.39 Å². The van der Waals surface area contributed by atoms with Crippen molar-refractivity contribution in [2.45, 2.75) is 25.3 Å². The highest BCUT2D eigenvalue weighted by Gasteiger charge is 2.29. The number of morpholine rings is 1. The smallest absolute Gasteiger partial charge is 0.128 e. The Balaban J connectivity index is 1.46. The summed E-state index contributed by atoms with van der Waals surface area (Å²) in [6.45, 7) is 5.36. The highest BCUT2D eigenvalue weighted by Crippen LogP contribution is 2.44. The predicted molar refractivity (Wildman–Crippen MR) is 144 cm³/mol. The van der Waals surface area contributed by atoms with Crippen molar-refractivity contribution in [3.05, 3.63) is 77.4 Å². The third kappa shape index (κ3) is 4.03. The lowest BCUT2D eigenvalue weighted by Crippen LogP contribution is -2.36. The van der Waals surface area contributed by atoms with Crippen LogP contribution in [-0.2, 0) is 16.0 Å². The first-order valence-corrected chi connectivity index (χ1v) is 13.1. The molecule has 3 aliphatic heterocycles. The molecule has 2 fully saturated rings. The number of fused-ring (bicyclic) bond motifs is 2. The lowest BCUT2D eigenvalue weighted by Gasteiger charge is -2.28. The minimum Gasteiger partial charge on any atom is -0.381 e. The third-order valence-electron chi connectivity index (χ3n) is 7.82. The summed E-state index contributed by atoms with van der Waals surface area (Å²) in [6, 6.07) is 15.7. The number of rotatable bonds is 4. The van der Waals surface area contributed by atoms with E-state index in [1.807, 2.05) is 24.5 Å². The predicted octanol–water partition coefficient (Wildman–Crippen LogP) is 5.49. The van der Waals surface area contributed by atoms with Gasteiger partial charge in [0, 0.05) is 72.5 Å². The number of anilines is 1. The molecule has 2 aromatic carbocycles. The Kier molecular flexibility index (Phi) is 5.75. The first-order valence-electron chi connectivity index (χ1n) is 13.1. The summed E-state index contributed by atoms with van der Waals surface area (Å²) in [5, 5.41) is 1.19. The van der Waals surface area contributed by atoms with Crippen LogP contribution in [0.5, 0.6) is 0 Å². The van der Waals surface area contributed by atoms with E-state index >= 15 is 0 Å². The molecular formula is C30H29FN4O2. The normalized spacial score (nSPS) is 18.0. The van der Waals surface area contributed by atoms with Gasteiger partial charge in [-0.2, -0.15) is 0 Å². The molecule has 4 aromatic rings. The standard InChI is InChI=1S/C30H29FN4O2/c31-24-2-4-25(5-3-24)35-27-16-23-18-32-17-22(23)15-26(27)29(30(35)20-7-11-36-12-8-20)21-1-6-28(33-19-21)34-9-13-37-14-10-34/h1-6,15-16,18-20H,7-14,17H2. The molecule has 2 saturated heterocycles. The molecule has 0 N–H and O–H groups in total. The van der Waals surface area contributed by atoms with E-state index in [1.165, 1.54) is 22.2 Å². The summed E-state index contributed by atoms with van der Waals surface area (Å²) < 4.78 is 27.5. The Labute approximate surface area is 215 Å². The van der Waals surface area contributed by atoms with Gasteiger partial charge in [-0.15, -0.1) is 0 Å². The van der Waals surface area contributed by atoms with Gasteiger partial charge in [0.25, 0.3) is 0 Å². The molecule has 2 aromatic heterocycles. The number of aliphatic imine (C=N–C) groups is 1. The summed E-state index contributed by atoms with van der Waals surface area (Å²) in [5.74, 6) is 1.07. The van der Waals surface area contributed by atoms with E-state index in [-0.39, 0.29) is 5.82 Å². The minimum atomic E-state index is -0.232. The molecule has 188 valence electrons. The molecular weight excluding hydrogens is 467 g/mol. The van der Waals surface area contributed by atoms with Gasteiger partial charge in [0.05, 0.1) is 25.3 Å². The molecule has 5 heterocycles. The van der Waals surface area contributed by atoms with Gasteiger partial charge in [-0.05, 0) is 72.5 Å². The zero-order valence-electron chi connectivity index (χ0n) is 20.7. The molecule has 0 bridgehead atoms. The molecule has 7 rings (SSSR count). The second-order valence-corrected chi connectivity index (χ2v) is 10.0. The van der Waals surface area contributed by atoms with Crippen molar-refractivity contribution in [3.8, 4) is 16.8 Å². The number of hydrogen-bond donors (Lipinski definition) is 0. The third-order valence-corrected chi connectivity index (χ3v) is 7.82. The van der Waals surface area contributed by atoms with Crippen molar-refractivity contribution in [1.29, 1.82) is 0 Å². The Morgan fingerprint density at radius 2 is 1.68 bits per heavy atom. The molecule has 7 heteroatoms. The molecule has 0 amide bonds. The monoisotopic (exact) mass is 496 g/mol. The first kappa shape index (κ1) is 22.6. The van der Waals surface area contributed by atoms with Crippen molar-refractivity contribution in [2.75, 3.05) is 44.4 Å². The van der Waals surface area contributed by atoms with E-state index in [2.05, 4.69) is 38.7 Å². The molecule has 0 radical (unpaired) electrons. The van der Waals surface area contributed by atoms with Gasteiger partial charge in [-0.3, -0.25) is 4.99 Å². The Bertz CT molecular complexity index is 1460. The van der Waals surface area contributed by atoms with Gasteiger partial charge < -0.3 is 18.9 Å². The fourth-order valence-corrected chi connectivity index (χ4v) is 5.96.